The van der Waals surface area contributed by atoms with E-state index in [0.717, 1.165) is 6.42 Å². The Bertz CT molecular complexity index is 1070. The Hall–Kier alpha value is -3.35. The Balaban J connectivity index is 1.26. The molecule has 2 fully saturated rings. The fraction of sp³-hybridized carbons (Fsp3) is 0.423. The van der Waals surface area contributed by atoms with E-state index in [1.165, 1.54) is 5.56 Å². The third kappa shape index (κ3) is 4.08. The Morgan fingerprint density at radius 1 is 1.06 bits per heavy atom. The first-order valence-corrected chi connectivity index (χ1v) is 11.7. The molecule has 7 nitrogen and oxygen atoms in total. The van der Waals surface area contributed by atoms with E-state index >= 15 is 0 Å². The van der Waals surface area contributed by atoms with Crippen molar-refractivity contribution in [3.8, 4) is 5.75 Å². The maximum atomic E-state index is 13.3. The summed E-state index contributed by atoms with van der Waals surface area (Å²) in [4.78, 5) is 42.5. The molecule has 33 heavy (non-hydrogen) atoms. The van der Waals surface area contributed by atoms with E-state index in [-0.39, 0.29) is 24.1 Å². The SMILES string of the molecule is C[C@H](C(=O)N1CC[C@H](c2ccccc2)C1)N1CC[C@]2(CCC1=O)NC(=O)c1ccccc1O2. The largest absolute Gasteiger partial charge is 0.467 e. The number of benzene rings is 2. The number of para-hydroxylation sites is 1. The summed E-state index contributed by atoms with van der Waals surface area (Å²) in [5, 5.41) is 2.98. The van der Waals surface area contributed by atoms with Crippen LogP contribution in [0.15, 0.2) is 54.6 Å². The van der Waals surface area contributed by atoms with Gasteiger partial charge in [-0.1, -0.05) is 42.5 Å². The van der Waals surface area contributed by atoms with Gasteiger partial charge in [-0.25, -0.2) is 0 Å². The Morgan fingerprint density at radius 3 is 2.64 bits per heavy atom. The van der Waals surface area contributed by atoms with Gasteiger partial charge in [0.2, 0.25) is 11.8 Å². The number of hydrogen-bond donors (Lipinski definition) is 1. The first-order chi connectivity index (χ1) is 16.0. The van der Waals surface area contributed by atoms with Crippen molar-refractivity contribution in [3.63, 3.8) is 0 Å². The number of likely N-dealkylation sites (tertiary alicyclic amines) is 2. The molecule has 3 heterocycles. The van der Waals surface area contributed by atoms with Crippen LogP contribution in [0.5, 0.6) is 5.75 Å². The van der Waals surface area contributed by atoms with E-state index in [1.54, 1.807) is 23.1 Å². The smallest absolute Gasteiger partial charge is 0.258 e. The molecular weight excluding hydrogens is 418 g/mol. The van der Waals surface area contributed by atoms with Crippen LogP contribution in [0.1, 0.15) is 54.4 Å². The highest BCUT2D eigenvalue weighted by atomic mass is 16.5. The molecule has 3 aliphatic rings. The molecule has 0 aromatic heterocycles. The molecule has 2 aromatic rings. The zero-order chi connectivity index (χ0) is 23.0. The van der Waals surface area contributed by atoms with Gasteiger partial charge in [0, 0.05) is 44.8 Å². The van der Waals surface area contributed by atoms with Crippen LogP contribution < -0.4 is 10.1 Å². The van der Waals surface area contributed by atoms with Crippen molar-refractivity contribution in [1.82, 2.24) is 15.1 Å². The van der Waals surface area contributed by atoms with Crippen molar-refractivity contribution >= 4 is 17.7 Å². The maximum absolute atomic E-state index is 13.3. The predicted molar refractivity (Wildman–Crippen MR) is 123 cm³/mol. The predicted octanol–water partition coefficient (Wildman–Crippen LogP) is 2.92. The molecule has 0 unspecified atom stereocenters. The molecule has 3 amide bonds. The molecule has 5 rings (SSSR count). The van der Waals surface area contributed by atoms with Crippen molar-refractivity contribution in [2.75, 3.05) is 19.6 Å². The van der Waals surface area contributed by atoms with E-state index in [9.17, 15) is 14.4 Å². The molecule has 0 bridgehead atoms. The second-order valence-electron chi connectivity index (χ2n) is 9.24. The number of rotatable bonds is 3. The van der Waals surface area contributed by atoms with Gasteiger partial charge in [-0.3, -0.25) is 14.4 Å². The third-order valence-electron chi connectivity index (χ3n) is 7.19. The van der Waals surface area contributed by atoms with Gasteiger partial charge in [-0.2, -0.15) is 0 Å². The van der Waals surface area contributed by atoms with Crippen LogP contribution in [0.2, 0.25) is 0 Å². The van der Waals surface area contributed by atoms with Crippen molar-refractivity contribution in [2.24, 2.45) is 0 Å². The minimum absolute atomic E-state index is 0.0170. The molecule has 2 saturated heterocycles. The summed E-state index contributed by atoms with van der Waals surface area (Å²) in [6, 6.07) is 16.9. The number of carbonyl (C=O) groups excluding carboxylic acids is 3. The lowest BCUT2D eigenvalue weighted by Crippen LogP contribution is -2.56. The molecule has 0 aliphatic carbocycles. The number of amides is 3. The van der Waals surface area contributed by atoms with Crippen LogP contribution in [-0.4, -0.2) is 58.9 Å². The van der Waals surface area contributed by atoms with Gasteiger partial charge in [0.1, 0.15) is 11.8 Å². The van der Waals surface area contributed by atoms with Crippen LogP contribution in [-0.2, 0) is 9.59 Å². The quantitative estimate of drug-likeness (QED) is 0.785. The van der Waals surface area contributed by atoms with Crippen LogP contribution in [0.4, 0.5) is 0 Å². The summed E-state index contributed by atoms with van der Waals surface area (Å²) >= 11 is 0. The number of carbonyl (C=O) groups is 3. The Morgan fingerprint density at radius 2 is 1.82 bits per heavy atom. The van der Waals surface area contributed by atoms with Crippen LogP contribution >= 0.6 is 0 Å². The fourth-order valence-corrected chi connectivity index (χ4v) is 5.25. The Kier molecular flexibility index (Phi) is 5.56. The van der Waals surface area contributed by atoms with Gasteiger partial charge in [0.15, 0.2) is 5.72 Å². The first-order valence-electron chi connectivity index (χ1n) is 11.7. The van der Waals surface area contributed by atoms with Crippen molar-refractivity contribution in [3.05, 3.63) is 65.7 Å². The van der Waals surface area contributed by atoms with Crippen LogP contribution in [0.3, 0.4) is 0 Å². The normalized spacial score (nSPS) is 25.8. The first kappa shape index (κ1) is 21.5. The zero-order valence-corrected chi connectivity index (χ0v) is 18.8. The highest BCUT2D eigenvalue weighted by Gasteiger charge is 2.44. The standard InChI is InChI=1S/C26H29N3O4/c1-18(25(32)28-15-12-20(17-28)19-7-3-2-4-8-19)29-16-14-26(13-11-23(29)30)27-24(31)21-9-5-6-10-22(21)33-26/h2-10,18,20H,11-17H2,1H3,(H,27,31)/t18-,20+,26-/m1/s1. The molecular formula is C26H29N3O4. The number of hydrogen-bond acceptors (Lipinski definition) is 4. The maximum Gasteiger partial charge on any atom is 0.258 e. The van der Waals surface area contributed by atoms with Crippen LogP contribution in [0, 0.1) is 0 Å². The highest BCUT2D eigenvalue weighted by Crippen LogP contribution is 2.34. The molecule has 0 saturated carbocycles. The van der Waals surface area contributed by atoms with Gasteiger partial charge in [0.05, 0.1) is 5.56 Å². The van der Waals surface area contributed by atoms with Crippen molar-refractivity contribution in [1.29, 1.82) is 0 Å². The minimum Gasteiger partial charge on any atom is -0.467 e. The zero-order valence-electron chi connectivity index (χ0n) is 18.8. The molecule has 0 radical (unpaired) electrons. The van der Waals surface area contributed by atoms with Crippen LogP contribution in [0.25, 0.3) is 0 Å². The van der Waals surface area contributed by atoms with Gasteiger partial charge >= 0.3 is 0 Å². The number of ether oxygens (including phenoxy) is 1. The summed E-state index contributed by atoms with van der Waals surface area (Å²) in [5.41, 5.74) is 0.824. The summed E-state index contributed by atoms with van der Waals surface area (Å²) in [6.07, 6.45) is 1.96. The highest BCUT2D eigenvalue weighted by molar-refractivity contribution is 5.98. The minimum atomic E-state index is -0.926. The molecule has 7 heteroatoms. The molecule has 1 spiro atoms. The average molecular weight is 448 g/mol. The number of nitrogens with zero attached hydrogens (tertiary/aromatic N) is 2. The number of nitrogens with one attached hydrogen (secondary N) is 1. The second-order valence-corrected chi connectivity index (χ2v) is 9.24. The number of fused-ring (bicyclic) bond motifs is 1. The second kappa shape index (κ2) is 8.54. The fourth-order valence-electron chi connectivity index (χ4n) is 5.25. The van der Waals surface area contributed by atoms with E-state index in [4.69, 9.17) is 4.74 Å². The lowest BCUT2D eigenvalue weighted by Gasteiger charge is -2.38. The molecule has 3 atom stereocenters. The lowest BCUT2D eigenvalue weighted by atomic mass is 9.99. The van der Waals surface area contributed by atoms with E-state index in [2.05, 4.69) is 17.4 Å². The molecule has 2 aromatic carbocycles. The average Bonchev–Trinajstić information content (AvgIpc) is 3.28. The van der Waals surface area contributed by atoms with Gasteiger partial charge in [-0.05, 0) is 31.0 Å². The molecule has 1 N–H and O–H groups in total. The summed E-state index contributed by atoms with van der Waals surface area (Å²) in [5.74, 6) is 0.581. The summed E-state index contributed by atoms with van der Waals surface area (Å²) in [6.45, 7) is 3.54. The topological polar surface area (TPSA) is 79.0 Å². The van der Waals surface area contributed by atoms with Gasteiger partial charge < -0.3 is 19.9 Å². The summed E-state index contributed by atoms with van der Waals surface area (Å²) in [7, 11) is 0. The molecule has 172 valence electrons. The lowest BCUT2D eigenvalue weighted by molar-refractivity contribution is -0.144. The van der Waals surface area contributed by atoms with E-state index < -0.39 is 11.8 Å². The van der Waals surface area contributed by atoms with Gasteiger partial charge in [0.25, 0.3) is 5.91 Å². The van der Waals surface area contributed by atoms with Gasteiger partial charge in [-0.15, -0.1) is 0 Å². The van der Waals surface area contributed by atoms with E-state index in [1.807, 2.05) is 36.1 Å². The monoisotopic (exact) mass is 447 g/mol. The summed E-state index contributed by atoms with van der Waals surface area (Å²) < 4.78 is 6.20. The van der Waals surface area contributed by atoms with Crippen molar-refractivity contribution in [2.45, 2.75) is 50.3 Å². The third-order valence-corrected chi connectivity index (χ3v) is 7.19. The molecule has 3 aliphatic heterocycles. The van der Waals surface area contributed by atoms with Crippen molar-refractivity contribution < 1.29 is 19.1 Å². The Labute approximate surface area is 193 Å². The van der Waals surface area contributed by atoms with E-state index in [0.29, 0.717) is 49.7 Å².